The average molecular weight is 278 g/mol. The number of nitro benzene ring substituents is 1. The van der Waals surface area contributed by atoms with Crippen molar-refractivity contribution in [1.29, 1.82) is 0 Å². The summed E-state index contributed by atoms with van der Waals surface area (Å²) in [6.07, 6.45) is 1.34. The van der Waals surface area contributed by atoms with Gasteiger partial charge in [0.2, 0.25) is 5.91 Å². The zero-order valence-electron chi connectivity index (χ0n) is 10.7. The maximum Gasteiger partial charge on any atom is 0.329 e. The SMILES string of the molecule is O=C(CCc1cccc([N+](=O)[O-])c1)NC1(C(=O)O)CC1. The molecule has 0 spiro atoms. The van der Waals surface area contributed by atoms with E-state index in [4.69, 9.17) is 5.11 Å². The molecule has 7 heteroatoms. The molecule has 2 rings (SSSR count). The summed E-state index contributed by atoms with van der Waals surface area (Å²) in [5.74, 6) is -1.36. The van der Waals surface area contributed by atoms with Gasteiger partial charge >= 0.3 is 5.97 Å². The average Bonchev–Trinajstić information content (AvgIpc) is 3.17. The topological polar surface area (TPSA) is 110 Å². The summed E-state index contributed by atoms with van der Waals surface area (Å²) in [5, 5.41) is 22.1. The van der Waals surface area contributed by atoms with Crippen LogP contribution in [0.2, 0.25) is 0 Å². The third-order valence-corrected chi connectivity index (χ3v) is 3.30. The molecular formula is C13H14N2O5. The lowest BCUT2D eigenvalue weighted by Crippen LogP contribution is -2.43. The lowest BCUT2D eigenvalue weighted by molar-refractivity contribution is -0.384. The van der Waals surface area contributed by atoms with Gasteiger partial charge in [0.15, 0.2) is 0 Å². The molecule has 1 aromatic carbocycles. The summed E-state index contributed by atoms with van der Waals surface area (Å²) >= 11 is 0. The number of non-ortho nitro benzene ring substituents is 1. The maximum atomic E-state index is 11.7. The second kappa shape index (κ2) is 5.28. The number of carboxylic acid groups (broad SMARTS) is 1. The summed E-state index contributed by atoms with van der Waals surface area (Å²) < 4.78 is 0. The first-order valence-corrected chi connectivity index (χ1v) is 6.21. The highest BCUT2D eigenvalue weighted by Crippen LogP contribution is 2.35. The molecule has 1 aliphatic rings. The van der Waals surface area contributed by atoms with E-state index in [1.807, 2.05) is 0 Å². The molecule has 1 aromatic rings. The van der Waals surface area contributed by atoms with Gasteiger partial charge in [0.25, 0.3) is 5.69 Å². The molecule has 106 valence electrons. The molecule has 20 heavy (non-hydrogen) atoms. The van der Waals surface area contributed by atoms with E-state index in [9.17, 15) is 19.7 Å². The Bertz CT molecular complexity index is 566. The van der Waals surface area contributed by atoms with Crippen LogP contribution in [0.5, 0.6) is 0 Å². The van der Waals surface area contributed by atoms with E-state index in [0.29, 0.717) is 24.8 Å². The minimum Gasteiger partial charge on any atom is -0.480 e. The number of hydrogen-bond donors (Lipinski definition) is 2. The lowest BCUT2D eigenvalue weighted by Gasteiger charge is -2.12. The van der Waals surface area contributed by atoms with Gasteiger partial charge in [0, 0.05) is 18.6 Å². The van der Waals surface area contributed by atoms with Crippen molar-refractivity contribution in [3.8, 4) is 0 Å². The molecule has 0 heterocycles. The maximum absolute atomic E-state index is 11.7. The van der Waals surface area contributed by atoms with Crippen molar-refractivity contribution in [2.75, 3.05) is 0 Å². The molecule has 0 aliphatic heterocycles. The van der Waals surface area contributed by atoms with Crippen LogP contribution in [0.4, 0.5) is 5.69 Å². The highest BCUT2D eigenvalue weighted by Gasteiger charge is 2.51. The molecule has 0 radical (unpaired) electrons. The fraction of sp³-hybridized carbons (Fsp3) is 0.385. The second-order valence-electron chi connectivity index (χ2n) is 4.86. The minimum absolute atomic E-state index is 0.0212. The number of carbonyl (C=O) groups is 2. The summed E-state index contributed by atoms with van der Waals surface area (Å²) in [4.78, 5) is 32.7. The van der Waals surface area contributed by atoms with Gasteiger partial charge in [-0.15, -0.1) is 0 Å². The normalized spacial score (nSPS) is 15.4. The van der Waals surface area contributed by atoms with Gasteiger partial charge in [-0.05, 0) is 24.8 Å². The van der Waals surface area contributed by atoms with Crippen molar-refractivity contribution >= 4 is 17.6 Å². The van der Waals surface area contributed by atoms with Gasteiger partial charge < -0.3 is 10.4 Å². The number of aryl methyl sites for hydroxylation is 1. The highest BCUT2D eigenvalue weighted by molar-refractivity contribution is 5.89. The fourth-order valence-corrected chi connectivity index (χ4v) is 1.93. The van der Waals surface area contributed by atoms with Gasteiger partial charge in [-0.3, -0.25) is 14.9 Å². The predicted octanol–water partition coefficient (Wildman–Crippen LogP) is 1.26. The second-order valence-corrected chi connectivity index (χ2v) is 4.86. The minimum atomic E-state index is -1.08. The van der Waals surface area contributed by atoms with Gasteiger partial charge in [0.1, 0.15) is 5.54 Å². The van der Waals surface area contributed by atoms with Crippen molar-refractivity contribution in [2.45, 2.75) is 31.2 Å². The van der Waals surface area contributed by atoms with E-state index in [0.717, 1.165) is 0 Å². The Morgan fingerprint density at radius 3 is 2.65 bits per heavy atom. The number of nitrogens with one attached hydrogen (secondary N) is 1. The van der Waals surface area contributed by atoms with Crippen LogP contribution in [0.1, 0.15) is 24.8 Å². The quantitative estimate of drug-likeness (QED) is 0.601. The van der Waals surface area contributed by atoms with Gasteiger partial charge in [-0.2, -0.15) is 0 Å². The first kappa shape index (κ1) is 14.0. The molecule has 1 amide bonds. The smallest absolute Gasteiger partial charge is 0.329 e. The molecule has 2 N–H and O–H groups in total. The Hall–Kier alpha value is -2.44. The number of nitro groups is 1. The van der Waals surface area contributed by atoms with Crippen LogP contribution in [0.3, 0.4) is 0 Å². The summed E-state index contributed by atoms with van der Waals surface area (Å²) in [6, 6.07) is 6.06. The summed E-state index contributed by atoms with van der Waals surface area (Å²) in [5.41, 5.74) is -0.429. The van der Waals surface area contributed by atoms with Crippen molar-refractivity contribution in [1.82, 2.24) is 5.32 Å². The number of aliphatic carboxylic acids is 1. The first-order valence-electron chi connectivity index (χ1n) is 6.21. The Morgan fingerprint density at radius 2 is 2.10 bits per heavy atom. The predicted molar refractivity (Wildman–Crippen MR) is 69.2 cm³/mol. The largest absolute Gasteiger partial charge is 0.480 e. The van der Waals surface area contributed by atoms with Gasteiger partial charge in [0.05, 0.1) is 4.92 Å². The first-order chi connectivity index (χ1) is 9.43. The Morgan fingerprint density at radius 1 is 1.40 bits per heavy atom. The zero-order valence-corrected chi connectivity index (χ0v) is 10.7. The Labute approximate surface area is 114 Å². The molecule has 7 nitrogen and oxygen atoms in total. The van der Waals surface area contributed by atoms with E-state index >= 15 is 0 Å². The fourth-order valence-electron chi connectivity index (χ4n) is 1.93. The number of carboxylic acids is 1. The van der Waals surface area contributed by atoms with Crippen molar-refractivity contribution < 1.29 is 19.6 Å². The number of rotatable bonds is 6. The number of hydrogen-bond acceptors (Lipinski definition) is 4. The van der Waals surface area contributed by atoms with E-state index < -0.39 is 16.4 Å². The molecular weight excluding hydrogens is 264 g/mol. The molecule has 0 aromatic heterocycles. The van der Waals surface area contributed by atoms with Crippen molar-refractivity contribution in [2.24, 2.45) is 0 Å². The van der Waals surface area contributed by atoms with Crippen molar-refractivity contribution in [3.05, 3.63) is 39.9 Å². The van der Waals surface area contributed by atoms with Crippen LogP contribution < -0.4 is 5.32 Å². The van der Waals surface area contributed by atoms with E-state index in [-0.39, 0.29) is 18.0 Å². The molecule has 0 unspecified atom stereocenters. The third-order valence-electron chi connectivity index (χ3n) is 3.30. The highest BCUT2D eigenvalue weighted by atomic mass is 16.6. The number of carbonyl (C=O) groups excluding carboxylic acids is 1. The van der Waals surface area contributed by atoms with Crippen LogP contribution in [0.25, 0.3) is 0 Å². The summed E-state index contributed by atoms with van der Waals surface area (Å²) in [6.45, 7) is 0. The Balaban J connectivity index is 1.89. The molecule has 0 bridgehead atoms. The molecule has 1 fully saturated rings. The molecule has 1 aliphatic carbocycles. The standard InChI is InChI=1S/C13H14N2O5/c16-11(14-13(6-7-13)12(17)18)5-4-9-2-1-3-10(8-9)15(19)20/h1-3,8H,4-7H2,(H,14,16)(H,17,18). The molecule has 0 saturated heterocycles. The number of amides is 1. The van der Waals surface area contributed by atoms with Crippen LogP contribution in [0.15, 0.2) is 24.3 Å². The van der Waals surface area contributed by atoms with Gasteiger partial charge in [-0.25, -0.2) is 4.79 Å². The Kier molecular flexibility index (Phi) is 3.69. The van der Waals surface area contributed by atoms with Crippen LogP contribution in [-0.2, 0) is 16.0 Å². The van der Waals surface area contributed by atoms with E-state index in [1.165, 1.54) is 12.1 Å². The number of nitrogens with zero attached hydrogens (tertiary/aromatic N) is 1. The number of benzene rings is 1. The monoisotopic (exact) mass is 278 g/mol. The lowest BCUT2D eigenvalue weighted by atomic mass is 10.1. The van der Waals surface area contributed by atoms with Crippen LogP contribution in [-0.4, -0.2) is 27.4 Å². The van der Waals surface area contributed by atoms with E-state index in [2.05, 4.69) is 5.32 Å². The van der Waals surface area contributed by atoms with E-state index in [1.54, 1.807) is 12.1 Å². The van der Waals surface area contributed by atoms with Crippen LogP contribution in [0, 0.1) is 10.1 Å². The summed E-state index contributed by atoms with van der Waals surface area (Å²) in [7, 11) is 0. The third kappa shape index (κ3) is 3.11. The van der Waals surface area contributed by atoms with Crippen molar-refractivity contribution in [3.63, 3.8) is 0 Å². The molecule has 0 atom stereocenters. The van der Waals surface area contributed by atoms with Gasteiger partial charge in [-0.1, -0.05) is 12.1 Å². The molecule has 1 saturated carbocycles. The zero-order chi connectivity index (χ0) is 14.8. The van der Waals surface area contributed by atoms with Crippen LogP contribution >= 0.6 is 0 Å².